The molecular weight excluding hydrogens is 211 g/mol. The number of halogens is 2. The molecule has 0 aromatic heterocycles. The predicted octanol–water partition coefficient (Wildman–Crippen LogP) is 2.39. The maximum Gasteiger partial charge on any atom is 0.140 e. The topological polar surface area (TPSA) is 17.1 Å². The van der Waals surface area contributed by atoms with E-state index < -0.39 is 5.82 Å². The van der Waals surface area contributed by atoms with Crippen molar-refractivity contribution >= 4 is 26.4 Å². The SMILES string of the molecule is O=C=C(Br)c1ccccc1F. The number of hydrogen-bond donors (Lipinski definition) is 0. The van der Waals surface area contributed by atoms with Gasteiger partial charge in [-0.1, -0.05) is 18.2 Å². The average Bonchev–Trinajstić information content (AvgIpc) is 2.04. The Bertz CT molecular complexity index is 316. The highest BCUT2D eigenvalue weighted by molar-refractivity contribution is 9.15. The molecule has 0 saturated carbocycles. The van der Waals surface area contributed by atoms with E-state index in [1.54, 1.807) is 18.1 Å². The summed E-state index contributed by atoms with van der Waals surface area (Å²) in [5.74, 6) is 1.14. The molecule has 0 N–H and O–H groups in total. The Balaban J connectivity index is 3.24. The van der Waals surface area contributed by atoms with Crippen LogP contribution in [0.2, 0.25) is 0 Å². The summed E-state index contributed by atoms with van der Waals surface area (Å²) in [5.41, 5.74) is 0.238. The van der Waals surface area contributed by atoms with Crippen molar-refractivity contribution in [3.8, 4) is 0 Å². The highest BCUT2D eigenvalue weighted by Gasteiger charge is 2.03. The van der Waals surface area contributed by atoms with Gasteiger partial charge >= 0.3 is 0 Å². The summed E-state index contributed by atoms with van der Waals surface area (Å²) >= 11 is 2.89. The van der Waals surface area contributed by atoms with Gasteiger partial charge in [0.1, 0.15) is 16.2 Å². The number of hydrogen-bond acceptors (Lipinski definition) is 1. The normalized spacial score (nSPS) is 8.91. The lowest BCUT2D eigenvalue weighted by atomic mass is 10.2. The third kappa shape index (κ3) is 1.76. The molecule has 1 rings (SSSR count). The molecule has 0 radical (unpaired) electrons. The molecule has 3 heteroatoms. The smallest absolute Gasteiger partial charge is 0.140 e. The molecule has 0 atom stereocenters. The number of benzene rings is 1. The van der Waals surface area contributed by atoms with E-state index in [0.717, 1.165) is 0 Å². The van der Waals surface area contributed by atoms with Gasteiger partial charge in [-0.05, 0) is 22.0 Å². The Labute approximate surface area is 71.7 Å². The van der Waals surface area contributed by atoms with Crippen LogP contribution in [0.4, 0.5) is 4.39 Å². The van der Waals surface area contributed by atoms with Gasteiger partial charge in [-0.25, -0.2) is 9.18 Å². The molecular formula is C8H4BrFO. The van der Waals surface area contributed by atoms with Crippen LogP contribution in [0.3, 0.4) is 0 Å². The van der Waals surface area contributed by atoms with Gasteiger partial charge in [-0.3, -0.25) is 0 Å². The molecule has 56 valence electrons. The zero-order valence-electron chi connectivity index (χ0n) is 5.47. The fourth-order valence-electron chi connectivity index (χ4n) is 0.694. The van der Waals surface area contributed by atoms with E-state index in [1.807, 2.05) is 0 Å². The van der Waals surface area contributed by atoms with Gasteiger partial charge in [0.25, 0.3) is 0 Å². The Morgan fingerprint density at radius 2 is 2.09 bits per heavy atom. The third-order valence-corrected chi connectivity index (χ3v) is 1.79. The van der Waals surface area contributed by atoms with Gasteiger partial charge in [-0.2, -0.15) is 0 Å². The van der Waals surface area contributed by atoms with Gasteiger partial charge in [-0.15, -0.1) is 0 Å². The van der Waals surface area contributed by atoms with Crippen molar-refractivity contribution in [1.29, 1.82) is 0 Å². The maximum atomic E-state index is 12.8. The van der Waals surface area contributed by atoms with Crippen molar-refractivity contribution < 1.29 is 9.18 Å². The minimum Gasteiger partial charge on any atom is -0.232 e. The highest BCUT2D eigenvalue weighted by Crippen LogP contribution is 2.20. The average molecular weight is 215 g/mol. The van der Waals surface area contributed by atoms with Gasteiger partial charge in [0.2, 0.25) is 0 Å². The second kappa shape index (κ2) is 3.46. The van der Waals surface area contributed by atoms with E-state index in [1.165, 1.54) is 12.1 Å². The lowest BCUT2D eigenvalue weighted by Gasteiger charge is -1.95. The fraction of sp³-hybridized carbons (Fsp3) is 0. The van der Waals surface area contributed by atoms with Crippen LogP contribution in [-0.2, 0) is 4.79 Å². The molecule has 0 aliphatic carbocycles. The van der Waals surface area contributed by atoms with Gasteiger partial charge < -0.3 is 0 Å². The van der Waals surface area contributed by atoms with Crippen molar-refractivity contribution in [3.63, 3.8) is 0 Å². The highest BCUT2D eigenvalue weighted by atomic mass is 79.9. The maximum absolute atomic E-state index is 12.8. The van der Waals surface area contributed by atoms with Crippen molar-refractivity contribution in [3.05, 3.63) is 35.6 Å². The summed E-state index contributed by atoms with van der Waals surface area (Å²) in [6, 6.07) is 6.00. The summed E-state index contributed by atoms with van der Waals surface area (Å²) in [4.78, 5) is 10.1. The van der Waals surface area contributed by atoms with E-state index in [4.69, 9.17) is 0 Å². The molecule has 0 fully saturated rings. The predicted molar refractivity (Wildman–Crippen MR) is 44.4 cm³/mol. The molecule has 0 saturated heterocycles. The second-order valence-corrected chi connectivity index (χ2v) is 2.69. The van der Waals surface area contributed by atoms with E-state index in [0.29, 0.717) is 0 Å². The molecule has 11 heavy (non-hydrogen) atoms. The Morgan fingerprint density at radius 1 is 1.45 bits per heavy atom. The van der Waals surface area contributed by atoms with E-state index >= 15 is 0 Å². The van der Waals surface area contributed by atoms with Gasteiger partial charge in [0, 0.05) is 5.56 Å². The van der Waals surface area contributed by atoms with Crippen LogP contribution in [0.15, 0.2) is 24.3 Å². The summed E-state index contributed by atoms with van der Waals surface area (Å²) in [5, 5.41) is 0. The van der Waals surface area contributed by atoms with Crippen molar-refractivity contribution in [2.24, 2.45) is 0 Å². The lowest BCUT2D eigenvalue weighted by molar-refractivity contribution is 0.569. The molecule has 0 bridgehead atoms. The van der Waals surface area contributed by atoms with E-state index in [-0.39, 0.29) is 10.0 Å². The van der Waals surface area contributed by atoms with Crippen LogP contribution in [0.5, 0.6) is 0 Å². The summed E-state index contributed by atoms with van der Waals surface area (Å²) in [6.07, 6.45) is 0. The first kappa shape index (κ1) is 8.18. The van der Waals surface area contributed by atoms with Crippen LogP contribution >= 0.6 is 15.9 Å². The van der Waals surface area contributed by atoms with Gasteiger partial charge in [0.05, 0.1) is 0 Å². The molecule has 0 unspecified atom stereocenters. The molecule has 0 amide bonds. The number of rotatable bonds is 1. The number of carbonyl (C=O) groups excluding carboxylic acids is 1. The van der Waals surface area contributed by atoms with Crippen molar-refractivity contribution in [1.82, 2.24) is 0 Å². The van der Waals surface area contributed by atoms with Crippen LogP contribution in [0.25, 0.3) is 4.48 Å². The molecule has 1 aromatic carbocycles. The van der Waals surface area contributed by atoms with Crippen LogP contribution in [0.1, 0.15) is 5.56 Å². The molecule has 1 nitrogen and oxygen atoms in total. The third-order valence-electron chi connectivity index (χ3n) is 1.20. The first-order chi connectivity index (χ1) is 5.25. The van der Waals surface area contributed by atoms with Crippen LogP contribution in [0, 0.1) is 5.82 Å². The van der Waals surface area contributed by atoms with Crippen molar-refractivity contribution in [2.45, 2.75) is 0 Å². The van der Waals surface area contributed by atoms with Crippen LogP contribution in [-0.4, -0.2) is 5.94 Å². The zero-order valence-corrected chi connectivity index (χ0v) is 7.06. The summed E-state index contributed by atoms with van der Waals surface area (Å²) in [6.45, 7) is 0. The molecule has 0 spiro atoms. The largest absolute Gasteiger partial charge is 0.232 e. The molecule has 1 aromatic rings. The standard InChI is InChI=1S/C8H4BrFO/c9-7(5-11)6-3-1-2-4-8(6)10/h1-4H. The minimum absolute atomic E-state index is 0.107. The fourth-order valence-corrected chi connectivity index (χ4v) is 1.02. The molecule has 0 heterocycles. The van der Waals surface area contributed by atoms with E-state index in [2.05, 4.69) is 15.9 Å². The molecule has 0 aliphatic heterocycles. The van der Waals surface area contributed by atoms with E-state index in [9.17, 15) is 9.18 Å². The first-order valence-corrected chi connectivity index (χ1v) is 3.70. The Morgan fingerprint density at radius 3 is 2.64 bits per heavy atom. The Kier molecular flexibility index (Phi) is 2.58. The first-order valence-electron chi connectivity index (χ1n) is 2.91. The summed E-state index contributed by atoms with van der Waals surface area (Å²) in [7, 11) is 0. The zero-order chi connectivity index (χ0) is 8.27. The second-order valence-electron chi connectivity index (χ2n) is 1.90. The monoisotopic (exact) mass is 214 g/mol. The molecule has 0 aliphatic rings. The minimum atomic E-state index is -0.428. The van der Waals surface area contributed by atoms with Gasteiger partial charge in [0.15, 0.2) is 0 Å². The quantitative estimate of drug-likeness (QED) is 0.657. The van der Waals surface area contributed by atoms with Crippen LogP contribution < -0.4 is 0 Å². The summed E-state index contributed by atoms with van der Waals surface area (Å²) < 4.78 is 12.9. The lowest BCUT2D eigenvalue weighted by Crippen LogP contribution is -1.83. The Hall–Kier alpha value is -0.920. The van der Waals surface area contributed by atoms with Crippen molar-refractivity contribution in [2.75, 3.05) is 0 Å².